The third-order valence-corrected chi connectivity index (χ3v) is 10.2. The average molecular weight is 681 g/mol. The van der Waals surface area contributed by atoms with Gasteiger partial charge in [0.2, 0.25) is 0 Å². The van der Waals surface area contributed by atoms with Gasteiger partial charge in [-0.25, -0.2) is 19.2 Å². The Morgan fingerprint density at radius 1 is 0.288 bits per heavy atom. The van der Waals surface area contributed by atoms with Crippen LogP contribution in [0.15, 0.2) is 121 Å². The van der Waals surface area contributed by atoms with Crippen molar-refractivity contribution in [3.63, 3.8) is 0 Å². The summed E-state index contributed by atoms with van der Waals surface area (Å²) in [7, 11) is 0. The fourth-order valence-electron chi connectivity index (χ4n) is 8.29. The van der Waals surface area contributed by atoms with E-state index >= 15 is 0 Å². The van der Waals surface area contributed by atoms with Crippen molar-refractivity contribution < 1.29 is 39.6 Å². The lowest BCUT2D eigenvalue weighted by Crippen LogP contribution is -2.18. The highest BCUT2D eigenvalue weighted by molar-refractivity contribution is 6.40. The van der Waals surface area contributed by atoms with Crippen molar-refractivity contribution in [1.29, 1.82) is 0 Å². The van der Waals surface area contributed by atoms with Crippen molar-refractivity contribution in [3.8, 4) is 0 Å². The number of carboxylic acids is 4. The highest BCUT2D eigenvalue weighted by Crippen LogP contribution is 2.45. The third-order valence-electron chi connectivity index (χ3n) is 10.2. The number of carbonyl (C=O) groups is 4. The molecule has 0 aromatic heterocycles. The molecule has 4 N–H and O–H groups in total. The summed E-state index contributed by atoms with van der Waals surface area (Å²) in [5.74, 6) is -6.58. The van der Waals surface area contributed by atoms with Gasteiger partial charge in [-0.3, -0.25) is 0 Å². The second-order valence-corrected chi connectivity index (χ2v) is 12.8. The minimum Gasteiger partial charge on any atom is -0.478 e. The Kier molecular flexibility index (Phi) is 6.55. The van der Waals surface area contributed by atoms with Crippen LogP contribution in [0.3, 0.4) is 0 Å². The molecule has 8 nitrogen and oxygen atoms in total. The maximum absolute atomic E-state index is 12.3. The SMILES string of the molecule is O=C(O)c1c(C(=O)O)c2c(C(=O)O)ccc3c4cccc5cccc(c(c1C(=O)O)c23)c54.c1cc2cccc3c4cccc5cccc(c(c1)c23)c54. The van der Waals surface area contributed by atoms with E-state index in [1.807, 2.05) is 12.1 Å². The standard InChI is InChI=1S/C24H12O8.C20H12/c25-21(26)13-8-7-11-10-5-1-3-9-4-2-6-12(14(9)10)16-15(11)17(13)19(23(29)30)20(24(31)32)18(16)22(27)28;1-5-13-6-2-11-17-18-12-4-8-14-7-3-10-16(20(14)18)15(9-1)19(13)17/h1-8H,(H,25,26)(H,27,28)(H,29,30)(H,31,32);1-12H. The summed E-state index contributed by atoms with van der Waals surface area (Å²) in [5, 5.41) is 53.1. The predicted molar refractivity (Wildman–Crippen MR) is 203 cm³/mol. The summed E-state index contributed by atoms with van der Waals surface area (Å²) >= 11 is 0. The highest BCUT2D eigenvalue weighted by Gasteiger charge is 2.33. The van der Waals surface area contributed by atoms with Crippen LogP contribution >= 0.6 is 0 Å². The Morgan fingerprint density at radius 2 is 0.615 bits per heavy atom. The average Bonchev–Trinajstić information content (AvgIpc) is 3.14. The largest absolute Gasteiger partial charge is 0.478 e. The van der Waals surface area contributed by atoms with E-state index in [2.05, 4.69) is 72.8 Å². The van der Waals surface area contributed by atoms with Crippen LogP contribution < -0.4 is 0 Å². The lowest BCUT2D eigenvalue weighted by atomic mass is 9.81. The molecule has 10 aromatic rings. The lowest BCUT2D eigenvalue weighted by Gasteiger charge is -2.20. The smallest absolute Gasteiger partial charge is 0.337 e. The van der Waals surface area contributed by atoms with Gasteiger partial charge in [-0.1, -0.05) is 115 Å². The van der Waals surface area contributed by atoms with Crippen LogP contribution in [0, 0.1) is 0 Å². The molecule has 0 spiro atoms. The third kappa shape index (κ3) is 4.15. The molecule has 0 radical (unpaired) electrons. The van der Waals surface area contributed by atoms with Gasteiger partial charge in [0.25, 0.3) is 0 Å². The molecule has 10 aromatic carbocycles. The van der Waals surface area contributed by atoms with Gasteiger partial charge in [0.15, 0.2) is 0 Å². The molecule has 0 fully saturated rings. The molecule has 0 heterocycles. The van der Waals surface area contributed by atoms with Gasteiger partial charge >= 0.3 is 23.9 Å². The van der Waals surface area contributed by atoms with Crippen LogP contribution in [0.4, 0.5) is 0 Å². The van der Waals surface area contributed by atoms with Gasteiger partial charge in [0.05, 0.1) is 22.3 Å². The fourth-order valence-corrected chi connectivity index (χ4v) is 8.29. The number of aromatic carboxylic acids is 4. The summed E-state index contributed by atoms with van der Waals surface area (Å²) in [6.07, 6.45) is 0. The first-order valence-electron chi connectivity index (χ1n) is 16.3. The summed E-state index contributed by atoms with van der Waals surface area (Å²) in [5.41, 5.74) is -2.93. The van der Waals surface area contributed by atoms with E-state index in [0.29, 0.717) is 21.5 Å². The molecule has 248 valence electrons. The van der Waals surface area contributed by atoms with Gasteiger partial charge in [-0.05, 0) is 76.1 Å². The molecule has 0 bridgehead atoms. The van der Waals surface area contributed by atoms with E-state index in [1.165, 1.54) is 55.2 Å². The molecule has 0 saturated carbocycles. The number of fused-ring (bicyclic) bond motifs is 4. The van der Waals surface area contributed by atoms with Crippen molar-refractivity contribution in [2.45, 2.75) is 0 Å². The quantitative estimate of drug-likeness (QED) is 0.106. The van der Waals surface area contributed by atoms with E-state index in [1.54, 1.807) is 24.3 Å². The molecule has 0 atom stereocenters. The number of rotatable bonds is 4. The van der Waals surface area contributed by atoms with Crippen molar-refractivity contribution >= 4 is 110 Å². The van der Waals surface area contributed by atoms with Gasteiger partial charge < -0.3 is 20.4 Å². The Morgan fingerprint density at radius 3 is 0.981 bits per heavy atom. The summed E-state index contributed by atoms with van der Waals surface area (Å²) in [6.45, 7) is 0. The topological polar surface area (TPSA) is 149 Å². The van der Waals surface area contributed by atoms with Crippen LogP contribution in [0.1, 0.15) is 41.4 Å². The molecular formula is C44H24O8. The van der Waals surface area contributed by atoms with Crippen molar-refractivity contribution in [2.75, 3.05) is 0 Å². The Hall–Kier alpha value is -7.32. The maximum Gasteiger partial charge on any atom is 0.337 e. The van der Waals surface area contributed by atoms with Crippen LogP contribution in [0.25, 0.3) is 86.2 Å². The zero-order valence-corrected chi connectivity index (χ0v) is 27.0. The van der Waals surface area contributed by atoms with Gasteiger partial charge in [0, 0.05) is 16.2 Å². The van der Waals surface area contributed by atoms with Crippen molar-refractivity contribution in [1.82, 2.24) is 0 Å². The predicted octanol–water partition coefficient (Wildman–Crippen LogP) is 10.3. The van der Waals surface area contributed by atoms with Crippen LogP contribution in [-0.4, -0.2) is 44.3 Å². The summed E-state index contributed by atoms with van der Waals surface area (Å²) in [6, 6.07) is 39.7. The number of carboxylic acid groups (broad SMARTS) is 4. The normalized spacial score (nSPS) is 11.7. The first kappa shape index (κ1) is 30.7. The summed E-state index contributed by atoms with van der Waals surface area (Å²) in [4.78, 5) is 48.7. The first-order valence-corrected chi connectivity index (χ1v) is 16.3. The van der Waals surface area contributed by atoms with E-state index < -0.39 is 46.1 Å². The van der Waals surface area contributed by atoms with Crippen LogP contribution in [-0.2, 0) is 0 Å². The molecule has 0 unspecified atom stereocenters. The molecule has 52 heavy (non-hydrogen) atoms. The molecule has 0 amide bonds. The molecule has 0 aliphatic heterocycles. The monoisotopic (exact) mass is 680 g/mol. The number of hydrogen-bond acceptors (Lipinski definition) is 4. The lowest BCUT2D eigenvalue weighted by molar-refractivity contribution is 0.0635. The second-order valence-electron chi connectivity index (χ2n) is 12.8. The van der Waals surface area contributed by atoms with E-state index in [4.69, 9.17) is 0 Å². The zero-order valence-electron chi connectivity index (χ0n) is 27.0. The molecular weight excluding hydrogens is 656 g/mol. The Balaban J connectivity index is 0.000000153. The molecule has 8 heteroatoms. The molecule has 0 aliphatic carbocycles. The maximum atomic E-state index is 12.3. The van der Waals surface area contributed by atoms with E-state index in [0.717, 1.165) is 5.39 Å². The zero-order chi connectivity index (χ0) is 36.0. The van der Waals surface area contributed by atoms with Gasteiger partial charge in [-0.2, -0.15) is 0 Å². The van der Waals surface area contributed by atoms with Gasteiger partial charge in [-0.15, -0.1) is 0 Å². The first-order chi connectivity index (χ1) is 25.2. The van der Waals surface area contributed by atoms with Crippen molar-refractivity contribution in [3.05, 3.63) is 144 Å². The van der Waals surface area contributed by atoms with E-state index in [9.17, 15) is 39.6 Å². The minimum atomic E-state index is -1.77. The Bertz CT molecular complexity index is 3020. The second kappa shape index (κ2) is 11.1. The van der Waals surface area contributed by atoms with Crippen LogP contribution in [0.5, 0.6) is 0 Å². The molecule has 0 aliphatic rings. The van der Waals surface area contributed by atoms with E-state index in [-0.39, 0.29) is 16.2 Å². The highest BCUT2D eigenvalue weighted by atomic mass is 16.4. The number of benzene rings is 10. The molecule has 0 saturated heterocycles. The van der Waals surface area contributed by atoms with Crippen LogP contribution in [0.2, 0.25) is 0 Å². The number of hydrogen-bond donors (Lipinski definition) is 4. The Labute approximate surface area is 292 Å². The fraction of sp³-hybridized carbons (Fsp3) is 0. The van der Waals surface area contributed by atoms with Crippen molar-refractivity contribution in [2.24, 2.45) is 0 Å². The molecule has 10 rings (SSSR count). The summed E-state index contributed by atoms with van der Waals surface area (Å²) < 4.78 is 0. The van der Waals surface area contributed by atoms with Gasteiger partial charge in [0.1, 0.15) is 0 Å². The minimum absolute atomic E-state index is 0.00250.